The van der Waals surface area contributed by atoms with Crippen LogP contribution < -0.4 is 20.5 Å². The van der Waals surface area contributed by atoms with Crippen molar-refractivity contribution in [2.45, 2.75) is 85.6 Å². The molecule has 0 aliphatic carbocycles. The van der Waals surface area contributed by atoms with E-state index in [0.29, 0.717) is 45.0 Å². The maximum atomic E-state index is 11.4. The van der Waals surface area contributed by atoms with Crippen LogP contribution in [0.2, 0.25) is 10.0 Å². The second-order valence-electron chi connectivity index (χ2n) is 14.7. The van der Waals surface area contributed by atoms with E-state index in [-0.39, 0.29) is 30.5 Å². The summed E-state index contributed by atoms with van der Waals surface area (Å²) < 4.78 is 22.1. The third-order valence-corrected chi connectivity index (χ3v) is 8.77. The zero-order chi connectivity index (χ0) is 40.1. The monoisotopic (exact) mass is 820 g/mol. The second-order valence-corrected chi connectivity index (χ2v) is 15.5. The van der Waals surface area contributed by atoms with Gasteiger partial charge in [-0.1, -0.05) is 57.8 Å². The number of rotatable bonds is 11. The highest BCUT2D eigenvalue weighted by Gasteiger charge is 2.22. The van der Waals surface area contributed by atoms with Crippen LogP contribution in [0, 0.1) is 0 Å². The number of nitrogens with two attached hydrogens (primary N) is 1. The van der Waals surface area contributed by atoms with Gasteiger partial charge in [-0.15, -0.1) is 12.4 Å². The lowest BCUT2D eigenvalue weighted by molar-refractivity contribution is -0.120. The van der Waals surface area contributed by atoms with Crippen molar-refractivity contribution in [2.75, 3.05) is 0 Å². The SMILES string of the molecule is CC(=O)NC(C)(C)c1ccc(-c2nc(-c3ccc(OC(C)C)c(Cl)c3)no2)cc1.CC(C)Oc1ccc(-c2noc(-c3ccc(C(C)(C)N)cc3)n2)cc1Cl.Cl. The Morgan fingerprint density at radius 1 is 0.661 bits per heavy atom. The topological polar surface area (TPSA) is 151 Å². The molecular weight excluding hydrogens is 775 g/mol. The van der Waals surface area contributed by atoms with Crippen molar-refractivity contribution in [1.82, 2.24) is 25.6 Å². The fourth-order valence-corrected chi connectivity index (χ4v) is 5.93. The maximum Gasteiger partial charge on any atom is 0.258 e. The van der Waals surface area contributed by atoms with Gasteiger partial charge in [-0.05, 0) is 127 Å². The van der Waals surface area contributed by atoms with E-state index in [0.717, 1.165) is 33.4 Å². The average molecular weight is 822 g/mol. The minimum Gasteiger partial charge on any atom is -0.489 e. The minimum absolute atomic E-state index is 0. The van der Waals surface area contributed by atoms with E-state index < -0.39 is 11.1 Å². The number of nitrogens with one attached hydrogen (secondary N) is 1. The molecule has 2 aromatic heterocycles. The lowest BCUT2D eigenvalue weighted by Gasteiger charge is -2.26. The Morgan fingerprint density at radius 3 is 1.38 bits per heavy atom. The molecule has 0 radical (unpaired) electrons. The van der Waals surface area contributed by atoms with Crippen molar-refractivity contribution < 1.29 is 23.3 Å². The maximum absolute atomic E-state index is 11.4. The van der Waals surface area contributed by atoms with Crippen molar-refractivity contribution in [3.8, 4) is 57.2 Å². The molecule has 0 bridgehead atoms. The first kappa shape index (κ1) is 43.8. The normalized spacial score (nSPS) is 11.5. The van der Waals surface area contributed by atoms with E-state index in [1.807, 2.05) is 122 Å². The number of benzene rings is 4. The van der Waals surface area contributed by atoms with Crippen LogP contribution in [0.5, 0.6) is 11.5 Å². The summed E-state index contributed by atoms with van der Waals surface area (Å²) in [6.07, 6.45) is 0.0883. The summed E-state index contributed by atoms with van der Waals surface area (Å²) in [5.41, 5.74) is 10.4. The molecule has 0 fully saturated rings. The number of halogens is 3. The molecule has 0 saturated carbocycles. The minimum atomic E-state index is -0.471. The van der Waals surface area contributed by atoms with Gasteiger partial charge >= 0.3 is 0 Å². The van der Waals surface area contributed by atoms with Gasteiger partial charge in [0.25, 0.3) is 11.8 Å². The zero-order valence-corrected chi connectivity index (χ0v) is 35.1. The van der Waals surface area contributed by atoms with Crippen LogP contribution in [0.3, 0.4) is 0 Å². The largest absolute Gasteiger partial charge is 0.489 e. The Labute approximate surface area is 343 Å². The molecule has 6 aromatic rings. The first-order chi connectivity index (χ1) is 25.9. The molecule has 14 heteroatoms. The van der Waals surface area contributed by atoms with Gasteiger partial charge in [-0.3, -0.25) is 4.79 Å². The molecule has 0 atom stereocenters. The third kappa shape index (κ3) is 11.3. The van der Waals surface area contributed by atoms with Gasteiger partial charge < -0.3 is 29.6 Å². The lowest BCUT2D eigenvalue weighted by atomic mass is 9.93. The van der Waals surface area contributed by atoms with Gasteiger partial charge in [0.05, 0.1) is 27.8 Å². The van der Waals surface area contributed by atoms with Crippen LogP contribution in [-0.4, -0.2) is 38.4 Å². The zero-order valence-electron chi connectivity index (χ0n) is 32.8. The fourth-order valence-electron chi connectivity index (χ4n) is 5.48. The number of ether oxygens (including phenoxy) is 2. The third-order valence-electron chi connectivity index (χ3n) is 8.18. The van der Waals surface area contributed by atoms with Gasteiger partial charge in [0.15, 0.2) is 0 Å². The highest BCUT2D eigenvalue weighted by Crippen LogP contribution is 2.33. The summed E-state index contributed by atoms with van der Waals surface area (Å²) >= 11 is 12.6. The number of hydrogen-bond donors (Lipinski definition) is 2. The molecule has 2 heterocycles. The van der Waals surface area contributed by atoms with Gasteiger partial charge in [0.1, 0.15) is 11.5 Å². The van der Waals surface area contributed by atoms with Crippen molar-refractivity contribution in [2.24, 2.45) is 5.73 Å². The van der Waals surface area contributed by atoms with Crippen LogP contribution in [0.25, 0.3) is 45.7 Å². The highest BCUT2D eigenvalue weighted by molar-refractivity contribution is 6.32. The molecule has 56 heavy (non-hydrogen) atoms. The van der Waals surface area contributed by atoms with Crippen molar-refractivity contribution in [3.05, 3.63) is 106 Å². The van der Waals surface area contributed by atoms with Gasteiger partial charge in [0, 0.05) is 34.7 Å². The number of aromatic nitrogens is 4. The predicted molar refractivity (Wildman–Crippen MR) is 223 cm³/mol. The van der Waals surface area contributed by atoms with Crippen LogP contribution in [0.15, 0.2) is 94.0 Å². The van der Waals surface area contributed by atoms with E-state index in [9.17, 15) is 4.79 Å². The first-order valence-electron chi connectivity index (χ1n) is 17.8. The molecule has 0 unspecified atom stereocenters. The molecule has 0 aliphatic rings. The van der Waals surface area contributed by atoms with E-state index in [4.69, 9.17) is 47.5 Å². The Kier molecular flexibility index (Phi) is 14.3. The molecule has 6 rings (SSSR count). The Hall–Kier alpha value is -4.94. The summed E-state index contributed by atoms with van der Waals surface area (Å²) in [4.78, 5) is 20.3. The highest BCUT2D eigenvalue weighted by atomic mass is 35.5. The van der Waals surface area contributed by atoms with Crippen LogP contribution >= 0.6 is 35.6 Å². The number of nitrogens with zero attached hydrogens (tertiary/aromatic N) is 4. The van der Waals surface area contributed by atoms with Crippen molar-refractivity contribution in [3.63, 3.8) is 0 Å². The molecule has 296 valence electrons. The molecule has 0 aliphatic heterocycles. The summed E-state index contributed by atoms with van der Waals surface area (Å²) in [7, 11) is 0. The average Bonchev–Trinajstić information content (AvgIpc) is 3.81. The molecule has 0 saturated heterocycles. The lowest BCUT2D eigenvalue weighted by Crippen LogP contribution is -2.39. The van der Waals surface area contributed by atoms with Crippen LogP contribution in [0.1, 0.15) is 73.4 Å². The summed E-state index contributed by atoms with van der Waals surface area (Å²) in [5, 5.41) is 12.1. The molecule has 1 amide bonds. The number of carbonyl (C=O) groups is 1. The number of hydrogen-bond acceptors (Lipinski definition) is 10. The van der Waals surface area contributed by atoms with E-state index in [2.05, 4.69) is 25.6 Å². The predicted octanol–water partition coefficient (Wildman–Crippen LogP) is 10.7. The Bertz CT molecular complexity index is 2230. The van der Waals surface area contributed by atoms with Crippen molar-refractivity contribution >= 4 is 41.5 Å². The Morgan fingerprint density at radius 2 is 1.04 bits per heavy atom. The second kappa shape index (κ2) is 18.3. The number of amides is 1. The molecular formula is C42H47Cl3N6O5. The smallest absolute Gasteiger partial charge is 0.258 e. The van der Waals surface area contributed by atoms with Gasteiger partial charge in [-0.25, -0.2) is 0 Å². The molecule has 11 nitrogen and oxygen atoms in total. The standard InChI is InChI=1S/C22H24ClN3O3.C20H22ClN3O2.ClH/c1-13(2)28-19-11-8-16(12-18(19)23)20-24-21(29-26-20)15-6-9-17(10-7-15)22(4,5)25-14(3)27;1-12(2)25-17-10-7-14(11-16(17)21)18-23-19(26-24-18)13-5-8-15(9-6-13)20(3,4)22;/h6-13H,1-5H3,(H,25,27);5-12H,22H2,1-4H3;1H. The van der Waals surface area contributed by atoms with Gasteiger partial charge in [0.2, 0.25) is 17.6 Å². The summed E-state index contributed by atoms with van der Waals surface area (Å²) in [5.74, 6) is 2.94. The summed E-state index contributed by atoms with van der Waals surface area (Å²) in [6, 6.07) is 26.3. The van der Waals surface area contributed by atoms with Gasteiger partial charge in [-0.2, -0.15) is 9.97 Å². The molecule has 4 aromatic carbocycles. The van der Waals surface area contributed by atoms with E-state index >= 15 is 0 Å². The molecule has 0 spiro atoms. The van der Waals surface area contributed by atoms with Crippen molar-refractivity contribution in [1.29, 1.82) is 0 Å². The first-order valence-corrected chi connectivity index (χ1v) is 18.5. The Balaban J connectivity index is 0.000000246. The van der Waals surface area contributed by atoms with Crippen LogP contribution in [0.4, 0.5) is 0 Å². The quantitative estimate of drug-likeness (QED) is 0.129. The van der Waals surface area contributed by atoms with E-state index in [1.54, 1.807) is 18.2 Å². The van der Waals surface area contributed by atoms with E-state index in [1.165, 1.54) is 6.92 Å². The van der Waals surface area contributed by atoms with Crippen LogP contribution in [-0.2, 0) is 15.9 Å². The number of carbonyl (C=O) groups excluding carboxylic acids is 1. The summed E-state index contributed by atoms with van der Waals surface area (Å²) in [6.45, 7) is 17.1. The molecule has 3 N–H and O–H groups in total. The fraction of sp³-hybridized carbons (Fsp3) is 0.310.